The van der Waals surface area contributed by atoms with Crippen LogP contribution >= 0.6 is 43.2 Å². The molecule has 0 N–H and O–H groups in total. The van der Waals surface area contributed by atoms with Gasteiger partial charge in [-0.05, 0) is 49.3 Å². The van der Waals surface area contributed by atoms with Gasteiger partial charge in [0.1, 0.15) is 0 Å². The Morgan fingerprint density at radius 3 is 2.71 bits per heavy atom. The summed E-state index contributed by atoms with van der Waals surface area (Å²) >= 11 is 7.57. The molecule has 1 aromatic carbocycles. The van der Waals surface area contributed by atoms with Crippen LogP contribution in [-0.4, -0.2) is 15.1 Å². The number of nitro groups is 1. The topological polar surface area (TPSA) is 78.2 Å². The Bertz CT molecular complexity index is 575. The number of benzene rings is 1. The molecule has 0 aliphatic heterocycles. The van der Waals surface area contributed by atoms with Crippen LogP contribution in [0.4, 0.5) is 5.69 Å². The molecule has 0 bridgehead atoms. The Morgan fingerprint density at radius 2 is 2.12 bits per heavy atom. The first-order valence-electron chi connectivity index (χ1n) is 4.17. The largest absolute Gasteiger partial charge is 0.428 e. The summed E-state index contributed by atoms with van der Waals surface area (Å²) < 4.78 is 6.57. The third kappa shape index (κ3) is 2.99. The van der Waals surface area contributed by atoms with Crippen molar-refractivity contribution in [2.45, 2.75) is 0 Å². The zero-order valence-electron chi connectivity index (χ0n) is 7.96. The molecule has 6 nitrogen and oxygen atoms in total. The zero-order chi connectivity index (χ0) is 12.4. The Morgan fingerprint density at radius 1 is 1.35 bits per heavy atom. The fourth-order valence-corrected chi connectivity index (χ4v) is 2.27. The molecule has 2 rings (SSSR count). The summed E-state index contributed by atoms with van der Waals surface area (Å²) in [6.07, 6.45) is 0. The molecule has 0 saturated heterocycles. The zero-order valence-corrected chi connectivity index (χ0v) is 12.0. The summed E-state index contributed by atoms with van der Waals surface area (Å²) in [4.78, 5) is 10.1. The Kier molecular flexibility index (Phi) is 3.69. The standard InChI is InChI=1S/C8H3Br2N3O3S/c9-5-2-1-4(13(14)15)3-6(5)16-8-12-11-7(10)17-8/h1-3H. The van der Waals surface area contributed by atoms with Crippen LogP contribution < -0.4 is 4.74 Å². The average molecular weight is 381 g/mol. The molecular weight excluding hydrogens is 378 g/mol. The van der Waals surface area contributed by atoms with Crippen LogP contribution in [-0.2, 0) is 0 Å². The van der Waals surface area contributed by atoms with Gasteiger partial charge in [0.15, 0.2) is 9.67 Å². The number of nitrogens with zero attached hydrogens (tertiary/aromatic N) is 3. The van der Waals surface area contributed by atoms with E-state index in [0.29, 0.717) is 19.3 Å². The third-order valence-corrected chi connectivity index (χ3v) is 3.59. The first-order valence-corrected chi connectivity index (χ1v) is 6.57. The summed E-state index contributed by atoms with van der Waals surface area (Å²) in [5.74, 6) is 0.322. The molecule has 0 unspecified atom stereocenters. The maximum atomic E-state index is 10.6. The van der Waals surface area contributed by atoms with Gasteiger partial charge in [0, 0.05) is 6.07 Å². The van der Waals surface area contributed by atoms with E-state index in [0.717, 1.165) is 0 Å². The molecule has 0 amide bonds. The summed E-state index contributed by atoms with van der Waals surface area (Å²) in [6.45, 7) is 0. The van der Waals surface area contributed by atoms with Crippen molar-refractivity contribution in [3.8, 4) is 10.9 Å². The van der Waals surface area contributed by atoms with Crippen molar-refractivity contribution in [2.75, 3.05) is 0 Å². The molecule has 0 atom stereocenters. The average Bonchev–Trinajstić information content (AvgIpc) is 2.67. The minimum Gasteiger partial charge on any atom is -0.428 e. The fourth-order valence-electron chi connectivity index (χ4n) is 1.01. The third-order valence-electron chi connectivity index (χ3n) is 1.70. The molecule has 9 heteroatoms. The van der Waals surface area contributed by atoms with Crippen LogP contribution in [0.1, 0.15) is 0 Å². The lowest BCUT2D eigenvalue weighted by molar-refractivity contribution is -0.384. The number of hydrogen-bond donors (Lipinski definition) is 0. The van der Waals surface area contributed by atoms with Crippen LogP contribution in [0.3, 0.4) is 0 Å². The Hall–Kier alpha value is -1.06. The van der Waals surface area contributed by atoms with Gasteiger partial charge >= 0.3 is 0 Å². The van der Waals surface area contributed by atoms with Crippen LogP contribution in [0.2, 0.25) is 0 Å². The second kappa shape index (κ2) is 5.07. The Balaban J connectivity index is 2.31. The van der Waals surface area contributed by atoms with Gasteiger partial charge in [-0.3, -0.25) is 10.1 Å². The van der Waals surface area contributed by atoms with E-state index in [2.05, 4.69) is 42.1 Å². The number of non-ortho nitro benzene ring substituents is 1. The summed E-state index contributed by atoms with van der Waals surface area (Å²) in [5.41, 5.74) is -0.0493. The van der Waals surface area contributed by atoms with Crippen molar-refractivity contribution in [2.24, 2.45) is 0 Å². The predicted octanol–water partition coefficient (Wildman–Crippen LogP) is 3.76. The number of rotatable bonds is 3. The van der Waals surface area contributed by atoms with E-state index in [1.54, 1.807) is 6.07 Å². The van der Waals surface area contributed by atoms with E-state index in [4.69, 9.17) is 4.74 Å². The summed E-state index contributed by atoms with van der Waals surface area (Å²) in [5, 5.41) is 18.4. The molecular formula is C8H3Br2N3O3S. The number of hydrogen-bond acceptors (Lipinski definition) is 6. The molecule has 0 radical (unpaired) electrons. The number of ether oxygens (including phenoxy) is 1. The molecule has 88 valence electrons. The minimum absolute atomic E-state index is 0.0493. The van der Waals surface area contributed by atoms with Gasteiger partial charge < -0.3 is 4.74 Å². The maximum absolute atomic E-state index is 10.6. The van der Waals surface area contributed by atoms with Gasteiger partial charge in [-0.25, -0.2) is 0 Å². The second-order valence-corrected chi connectivity index (χ2v) is 5.87. The molecule has 1 heterocycles. The van der Waals surface area contributed by atoms with Crippen LogP contribution in [0.15, 0.2) is 26.6 Å². The second-order valence-electron chi connectivity index (χ2n) is 2.79. The number of halogens is 2. The first-order chi connectivity index (χ1) is 8.06. The van der Waals surface area contributed by atoms with Gasteiger partial charge in [-0.1, -0.05) is 5.10 Å². The van der Waals surface area contributed by atoms with E-state index in [1.807, 2.05) is 0 Å². The van der Waals surface area contributed by atoms with E-state index in [9.17, 15) is 10.1 Å². The minimum atomic E-state index is -0.491. The van der Waals surface area contributed by atoms with E-state index in [-0.39, 0.29) is 5.69 Å². The molecule has 0 fully saturated rings. The van der Waals surface area contributed by atoms with Crippen molar-refractivity contribution < 1.29 is 9.66 Å². The highest BCUT2D eigenvalue weighted by Crippen LogP contribution is 2.34. The van der Waals surface area contributed by atoms with Gasteiger partial charge in [-0.15, -0.1) is 5.10 Å². The molecule has 0 saturated carbocycles. The lowest BCUT2D eigenvalue weighted by atomic mass is 10.3. The number of aromatic nitrogens is 2. The highest BCUT2D eigenvalue weighted by Gasteiger charge is 2.13. The quantitative estimate of drug-likeness (QED) is 0.598. The van der Waals surface area contributed by atoms with Gasteiger partial charge in [-0.2, -0.15) is 0 Å². The van der Waals surface area contributed by atoms with Crippen LogP contribution in [0.5, 0.6) is 10.9 Å². The van der Waals surface area contributed by atoms with E-state index >= 15 is 0 Å². The molecule has 2 aromatic rings. The molecule has 0 aliphatic rings. The van der Waals surface area contributed by atoms with Crippen molar-refractivity contribution >= 4 is 48.9 Å². The maximum Gasteiger partial charge on any atom is 0.300 e. The van der Waals surface area contributed by atoms with E-state index < -0.39 is 4.92 Å². The normalized spacial score (nSPS) is 10.2. The highest BCUT2D eigenvalue weighted by molar-refractivity contribution is 9.11. The summed E-state index contributed by atoms with van der Waals surface area (Å²) in [6, 6.07) is 4.25. The first kappa shape index (κ1) is 12.4. The number of nitro benzene ring substituents is 1. The molecule has 0 aliphatic carbocycles. The van der Waals surface area contributed by atoms with E-state index in [1.165, 1.54) is 23.5 Å². The van der Waals surface area contributed by atoms with Crippen LogP contribution in [0.25, 0.3) is 0 Å². The van der Waals surface area contributed by atoms with Gasteiger partial charge in [0.05, 0.1) is 15.5 Å². The fraction of sp³-hybridized carbons (Fsp3) is 0. The lowest BCUT2D eigenvalue weighted by Crippen LogP contribution is -1.90. The van der Waals surface area contributed by atoms with Crippen molar-refractivity contribution in [1.82, 2.24) is 10.2 Å². The predicted molar refractivity (Wildman–Crippen MR) is 68.5 cm³/mol. The monoisotopic (exact) mass is 379 g/mol. The van der Waals surface area contributed by atoms with Crippen molar-refractivity contribution in [1.29, 1.82) is 0 Å². The Labute approximate surface area is 116 Å². The van der Waals surface area contributed by atoms with Gasteiger partial charge in [0.2, 0.25) is 0 Å². The molecule has 17 heavy (non-hydrogen) atoms. The lowest BCUT2D eigenvalue weighted by Gasteiger charge is -2.03. The highest BCUT2D eigenvalue weighted by atomic mass is 79.9. The molecule has 0 spiro atoms. The van der Waals surface area contributed by atoms with Crippen molar-refractivity contribution in [3.05, 3.63) is 36.7 Å². The summed E-state index contributed by atoms with van der Waals surface area (Å²) in [7, 11) is 0. The van der Waals surface area contributed by atoms with Crippen LogP contribution in [0, 0.1) is 10.1 Å². The van der Waals surface area contributed by atoms with Gasteiger partial charge in [0.25, 0.3) is 10.9 Å². The SMILES string of the molecule is O=[N+]([O-])c1ccc(Br)c(Oc2nnc(Br)s2)c1. The molecule has 1 aromatic heterocycles. The smallest absolute Gasteiger partial charge is 0.300 e. The van der Waals surface area contributed by atoms with Crippen molar-refractivity contribution in [3.63, 3.8) is 0 Å².